The van der Waals surface area contributed by atoms with Gasteiger partial charge in [0.2, 0.25) is 5.95 Å². The molecule has 3 aromatic heterocycles. The van der Waals surface area contributed by atoms with Gasteiger partial charge in [0.15, 0.2) is 17.2 Å². The normalized spacial score (nSPS) is 14.6. The van der Waals surface area contributed by atoms with Crippen LogP contribution < -0.4 is 10.2 Å². The molecular weight excluding hydrogens is 358 g/mol. The van der Waals surface area contributed by atoms with Crippen molar-refractivity contribution < 1.29 is 9.53 Å². The molecule has 0 radical (unpaired) electrons. The Bertz CT molecular complexity index is 939. The number of amides is 1. The van der Waals surface area contributed by atoms with Crippen LogP contribution in [0.2, 0.25) is 5.02 Å². The lowest BCUT2D eigenvalue weighted by atomic mass is 10.3. The minimum atomic E-state index is -0.389. The molecule has 1 aliphatic rings. The van der Waals surface area contributed by atoms with E-state index >= 15 is 0 Å². The first kappa shape index (κ1) is 16.7. The second-order valence-electron chi connectivity index (χ2n) is 5.69. The molecule has 4 heterocycles. The molecule has 0 aliphatic carbocycles. The number of nitrogens with one attached hydrogen (secondary N) is 1. The van der Waals surface area contributed by atoms with Crippen molar-refractivity contribution in [3.8, 4) is 0 Å². The smallest absolute Gasteiger partial charge is 0.272 e. The number of rotatable bonds is 4. The third-order valence-corrected chi connectivity index (χ3v) is 4.31. The maximum absolute atomic E-state index is 12.5. The largest absolute Gasteiger partial charge is 0.378 e. The van der Waals surface area contributed by atoms with Gasteiger partial charge in [-0.05, 0) is 12.1 Å². The Morgan fingerprint density at radius 1 is 1.27 bits per heavy atom. The maximum atomic E-state index is 12.5. The SMILES string of the molecule is O=C(NCc1nnc2ccccn12)c1nc(N2CCOCC2)ncc1Cl. The van der Waals surface area contributed by atoms with E-state index in [-0.39, 0.29) is 23.2 Å². The number of nitrogens with zero attached hydrogens (tertiary/aromatic N) is 6. The number of pyridine rings is 1. The summed E-state index contributed by atoms with van der Waals surface area (Å²) in [5.41, 5.74) is 0.850. The van der Waals surface area contributed by atoms with Crippen LogP contribution in [0, 0.1) is 0 Å². The average Bonchev–Trinajstić information content (AvgIpc) is 3.10. The van der Waals surface area contributed by atoms with E-state index in [1.54, 1.807) is 4.40 Å². The average molecular weight is 374 g/mol. The van der Waals surface area contributed by atoms with Gasteiger partial charge in [-0.15, -0.1) is 10.2 Å². The lowest BCUT2D eigenvalue weighted by Gasteiger charge is -2.26. The highest BCUT2D eigenvalue weighted by molar-refractivity contribution is 6.33. The second kappa shape index (κ2) is 7.22. The minimum Gasteiger partial charge on any atom is -0.378 e. The van der Waals surface area contributed by atoms with Crippen LogP contribution in [0.25, 0.3) is 5.65 Å². The van der Waals surface area contributed by atoms with Crippen LogP contribution in [-0.4, -0.2) is 56.8 Å². The van der Waals surface area contributed by atoms with Crippen LogP contribution in [0.15, 0.2) is 30.6 Å². The van der Waals surface area contributed by atoms with Crippen molar-refractivity contribution in [2.75, 3.05) is 31.2 Å². The highest BCUT2D eigenvalue weighted by atomic mass is 35.5. The van der Waals surface area contributed by atoms with E-state index in [0.29, 0.717) is 43.7 Å². The summed E-state index contributed by atoms with van der Waals surface area (Å²) in [7, 11) is 0. The number of ether oxygens (including phenoxy) is 1. The summed E-state index contributed by atoms with van der Waals surface area (Å²) < 4.78 is 7.13. The Morgan fingerprint density at radius 3 is 2.96 bits per heavy atom. The molecule has 10 heteroatoms. The number of carbonyl (C=O) groups excluding carboxylic acids is 1. The number of aromatic nitrogens is 5. The van der Waals surface area contributed by atoms with Gasteiger partial charge in [-0.2, -0.15) is 0 Å². The quantitative estimate of drug-likeness (QED) is 0.726. The van der Waals surface area contributed by atoms with Gasteiger partial charge in [0.1, 0.15) is 0 Å². The van der Waals surface area contributed by atoms with Gasteiger partial charge in [0.25, 0.3) is 5.91 Å². The number of hydrogen-bond donors (Lipinski definition) is 1. The first-order valence-corrected chi connectivity index (χ1v) is 8.52. The molecule has 1 N–H and O–H groups in total. The predicted octanol–water partition coefficient (Wildman–Crippen LogP) is 0.939. The van der Waals surface area contributed by atoms with Crippen molar-refractivity contribution in [3.05, 3.63) is 47.1 Å². The topological polar surface area (TPSA) is 97.5 Å². The second-order valence-corrected chi connectivity index (χ2v) is 6.10. The molecule has 1 saturated heterocycles. The fourth-order valence-electron chi connectivity index (χ4n) is 2.69. The van der Waals surface area contributed by atoms with Gasteiger partial charge >= 0.3 is 0 Å². The molecule has 1 aliphatic heterocycles. The van der Waals surface area contributed by atoms with Crippen LogP contribution in [0.1, 0.15) is 16.3 Å². The molecule has 26 heavy (non-hydrogen) atoms. The lowest BCUT2D eigenvalue weighted by molar-refractivity contribution is 0.0944. The van der Waals surface area contributed by atoms with Crippen molar-refractivity contribution in [3.63, 3.8) is 0 Å². The number of anilines is 1. The summed E-state index contributed by atoms with van der Waals surface area (Å²) in [6, 6.07) is 5.59. The lowest BCUT2D eigenvalue weighted by Crippen LogP contribution is -2.37. The molecule has 9 nitrogen and oxygen atoms in total. The number of fused-ring (bicyclic) bond motifs is 1. The molecule has 3 aromatic rings. The molecule has 0 saturated carbocycles. The Labute approximate surface area is 154 Å². The fourth-order valence-corrected chi connectivity index (χ4v) is 2.86. The van der Waals surface area contributed by atoms with E-state index in [9.17, 15) is 4.79 Å². The summed E-state index contributed by atoms with van der Waals surface area (Å²) in [6.07, 6.45) is 3.28. The first-order chi connectivity index (χ1) is 12.7. The minimum absolute atomic E-state index is 0.136. The van der Waals surface area contributed by atoms with Gasteiger partial charge in [-0.3, -0.25) is 9.20 Å². The van der Waals surface area contributed by atoms with Gasteiger partial charge in [-0.25, -0.2) is 9.97 Å². The van der Waals surface area contributed by atoms with E-state index in [4.69, 9.17) is 16.3 Å². The van der Waals surface area contributed by atoms with Crippen molar-refractivity contribution in [1.82, 2.24) is 29.9 Å². The van der Waals surface area contributed by atoms with Gasteiger partial charge in [0, 0.05) is 19.3 Å². The maximum Gasteiger partial charge on any atom is 0.272 e. The molecule has 1 fully saturated rings. The molecule has 4 rings (SSSR count). The van der Waals surface area contributed by atoms with Gasteiger partial charge in [0.05, 0.1) is 31.0 Å². The summed E-state index contributed by atoms with van der Waals surface area (Å²) >= 11 is 6.12. The standard InChI is InChI=1S/C16H16ClN7O2/c17-11-9-19-16(23-5-7-26-8-6-23)20-14(11)15(25)18-10-13-22-21-12-3-1-2-4-24(12)13/h1-4,9H,5-8,10H2,(H,18,25). The van der Waals surface area contributed by atoms with Crippen LogP contribution in [0.4, 0.5) is 5.95 Å². The van der Waals surface area contributed by atoms with Crippen molar-refractivity contribution in [2.24, 2.45) is 0 Å². The first-order valence-electron chi connectivity index (χ1n) is 8.14. The van der Waals surface area contributed by atoms with Crippen molar-refractivity contribution >= 4 is 29.1 Å². The summed E-state index contributed by atoms with van der Waals surface area (Å²) in [6.45, 7) is 2.76. The van der Waals surface area contributed by atoms with E-state index in [1.165, 1.54) is 6.20 Å². The number of hydrogen-bond acceptors (Lipinski definition) is 7. The molecule has 134 valence electrons. The highest BCUT2D eigenvalue weighted by Gasteiger charge is 2.19. The van der Waals surface area contributed by atoms with Crippen LogP contribution in [-0.2, 0) is 11.3 Å². The molecule has 0 unspecified atom stereocenters. The van der Waals surface area contributed by atoms with E-state index < -0.39 is 0 Å². The molecule has 0 atom stereocenters. The van der Waals surface area contributed by atoms with Crippen LogP contribution in [0.3, 0.4) is 0 Å². The van der Waals surface area contributed by atoms with Gasteiger partial charge in [-0.1, -0.05) is 17.7 Å². The molecule has 0 aromatic carbocycles. The van der Waals surface area contributed by atoms with E-state index in [0.717, 1.165) is 0 Å². The Balaban J connectivity index is 1.50. The Kier molecular flexibility index (Phi) is 4.63. The zero-order valence-electron chi connectivity index (χ0n) is 13.8. The number of carbonyl (C=O) groups is 1. The van der Waals surface area contributed by atoms with Crippen LogP contribution in [0.5, 0.6) is 0 Å². The monoisotopic (exact) mass is 373 g/mol. The summed E-state index contributed by atoms with van der Waals surface area (Å²) in [5, 5.41) is 11.1. The molecule has 0 bridgehead atoms. The summed E-state index contributed by atoms with van der Waals surface area (Å²) in [5.74, 6) is 0.697. The number of halogens is 1. The summed E-state index contributed by atoms with van der Waals surface area (Å²) in [4.78, 5) is 23.1. The van der Waals surface area contributed by atoms with Crippen LogP contribution >= 0.6 is 11.6 Å². The van der Waals surface area contributed by atoms with E-state index in [2.05, 4.69) is 25.5 Å². The predicted molar refractivity (Wildman–Crippen MR) is 94.2 cm³/mol. The van der Waals surface area contributed by atoms with E-state index in [1.807, 2.05) is 29.3 Å². The number of morpholine rings is 1. The fraction of sp³-hybridized carbons (Fsp3) is 0.312. The Morgan fingerprint density at radius 2 is 2.12 bits per heavy atom. The zero-order chi connectivity index (χ0) is 17.9. The van der Waals surface area contributed by atoms with Crippen molar-refractivity contribution in [2.45, 2.75) is 6.54 Å². The van der Waals surface area contributed by atoms with Gasteiger partial charge < -0.3 is 15.0 Å². The zero-order valence-corrected chi connectivity index (χ0v) is 14.6. The highest BCUT2D eigenvalue weighted by Crippen LogP contribution is 2.17. The Hall–Kier alpha value is -2.78. The third kappa shape index (κ3) is 3.31. The molecule has 1 amide bonds. The molecular formula is C16H16ClN7O2. The third-order valence-electron chi connectivity index (χ3n) is 4.03. The molecule has 0 spiro atoms. The van der Waals surface area contributed by atoms with Crippen molar-refractivity contribution in [1.29, 1.82) is 0 Å².